The molecule has 128 valence electrons. The van der Waals surface area contributed by atoms with E-state index in [-0.39, 0.29) is 11.6 Å². The van der Waals surface area contributed by atoms with E-state index in [1.54, 1.807) is 23.5 Å². The molecule has 0 radical (unpaired) electrons. The van der Waals surface area contributed by atoms with Crippen LogP contribution in [0.15, 0.2) is 24.3 Å². The Labute approximate surface area is 151 Å². The second-order valence-electron chi connectivity index (χ2n) is 6.28. The second kappa shape index (κ2) is 6.20. The lowest BCUT2D eigenvalue weighted by Gasteiger charge is -2.15. The molecule has 1 aliphatic carbocycles. The lowest BCUT2D eigenvalue weighted by atomic mass is 9.93. The number of nitro benzene ring substituents is 1. The summed E-state index contributed by atoms with van der Waals surface area (Å²) in [7, 11) is 0. The topological polar surface area (TPSA) is 85.1 Å². The van der Waals surface area contributed by atoms with E-state index in [2.05, 4.69) is 17.2 Å². The first kappa shape index (κ1) is 16.2. The van der Waals surface area contributed by atoms with E-state index in [4.69, 9.17) is 0 Å². The zero-order chi connectivity index (χ0) is 17.6. The van der Waals surface area contributed by atoms with Gasteiger partial charge in [0.2, 0.25) is 0 Å². The van der Waals surface area contributed by atoms with Crippen LogP contribution in [0, 0.1) is 16.0 Å². The maximum Gasteiger partial charge on any atom is 0.270 e. The Hall–Kier alpha value is -2.32. The number of benzene rings is 1. The molecular formula is C17H15N3O3S2. The molecule has 4 rings (SSSR count). The van der Waals surface area contributed by atoms with E-state index in [0.717, 1.165) is 29.7 Å². The van der Waals surface area contributed by atoms with E-state index >= 15 is 0 Å². The van der Waals surface area contributed by atoms with E-state index in [1.807, 2.05) is 0 Å². The minimum absolute atomic E-state index is 0.0268. The smallest absolute Gasteiger partial charge is 0.270 e. The van der Waals surface area contributed by atoms with Gasteiger partial charge in [0.1, 0.15) is 0 Å². The van der Waals surface area contributed by atoms with Crippen LogP contribution in [0.4, 0.5) is 10.8 Å². The average molecular weight is 373 g/mol. The largest absolute Gasteiger partial charge is 0.297 e. The van der Waals surface area contributed by atoms with Crippen molar-refractivity contribution in [3.05, 3.63) is 49.8 Å². The van der Waals surface area contributed by atoms with Gasteiger partial charge in [0.05, 0.1) is 15.5 Å². The number of nitrogens with one attached hydrogen (secondary N) is 1. The highest BCUT2D eigenvalue weighted by molar-refractivity contribution is 7.21. The molecule has 1 aliphatic rings. The van der Waals surface area contributed by atoms with Gasteiger partial charge in [0.25, 0.3) is 11.6 Å². The molecule has 1 unspecified atom stereocenters. The van der Waals surface area contributed by atoms with Crippen LogP contribution in [0.1, 0.15) is 33.6 Å². The number of aromatic nitrogens is 1. The van der Waals surface area contributed by atoms with Crippen LogP contribution >= 0.6 is 22.7 Å². The Bertz CT molecular complexity index is 992. The van der Waals surface area contributed by atoms with Gasteiger partial charge >= 0.3 is 0 Å². The number of hydrogen-bond acceptors (Lipinski definition) is 6. The minimum Gasteiger partial charge on any atom is -0.297 e. The molecule has 0 spiro atoms. The molecule has 1 amide bonds. The fourth-order valence-corrected chi connectivity index (χ4v) is 5.11. The van der Waals surface area contributed by atoms with Crippen molar-refractivity contribution >= 4 is 49.5 Å². The molecule has 2 aromatic heterocycles. The number of carbonyl (C=O) groups excluding carboxylic acids is 1. The molecule has 1 aromatic carbocycles. The number of aryl methyl sites for hydroxylation is 1. The summed E-state index contributed by atoms with van der Waals surface area (Å²) in [6, 6.07) is 6.32. The molecular weight excluding hydrogens is 358 g/mol. The van der Waals surface area contributed by atoms with Gasteiger partial charge in [-0.1, -0.05) is 6.92 Å². The van der Waals surface area contributed by atoms with Crippen molar-refractivity contribution in [2.24, 2.45) is 5.92 Å². The molecule has 1 N–H and O–H groups in total. The monoisotopic (exact) mass is 373 g/mol. The molecule has 0 bridgehead atoms. The number of amides is 1. The first-order valence-corrected chi connectivity index (χ1v) is 9.61. The molecule has 2 heterocycles. The van der Waals surface area contributed by atoms with Crippen molar-refractivity contribution in [2.75, 3.05) is 5.32 Å². The number of rotatable bonds is 3. The van der Waals surface area contributed by atoms with Gasteiger partial charge in [-0.3, -0.25) is 20.2 Å². The molecule has 25 heavy (non-hydrogen) atoms. The summed E-state index contributed by atoms with van der Waals surface area (Å²) in [6.07, 6.45) is 3.13. The number of nitrogens with zero attached hydrogens (tertiary/aromatic N) is 2. The summed E-state index contributed by atoms with van der Waals surface area (Å²) in [5.74, 6) is 0.442. The van der Waals surface area contributed by atoms with Gasteiger partial charge in [0, 0.05) is 27.1 Å². The third-order valence-electron chi connectivity index (χ3n) is 4.34. The van der Waals surface area contributed by atoms with E-state index in [0.29, 0.717) is 21.3 Å². The van der Waals surface area contributed by atoms with Gasteiger partial charge < -0.3 is 0 Å². The Kier molecular flexibility index (Phi) is 4.01. The maximum atomic E-state index is 12.5. The maximum absolute atomic E-state index is 12.5. The fraction of sp³-hybridized carbons (Fsp3) is 0.294. The lowest BCUT2D eigenvalue weighted by molar-refractivity contribution is -0.384. The van der Waals surface area contributed by atoms with Crippen LogP contribution in [0.3, 0.4) is 0 Å². The first-order valence-electron chi connectivity index (χ1n) is 7.97. The minimum atomic E-state index is -0.433. The van der Waals surface area contributed by atoms with Crippen LogP contribution in [0.2, 0.25) is 0 Å². The molecule has 0 aliphatic heterocycles. The first-order chi connectivity index (χ1) is 12.0. The molecule has 6 nitrogen and oxygen atoms in total. The number of thiophene rings is 1. The highest BCUT2D eigenvalue weighted by Crippen LogP contribution is 2.33. The van der Waals surface area contributed by atoms with Crippen molar-refractivity contribution in [3.8, 4) is 0 Å². The van der Waals surface area contributed by atoms with Gasteiger partial charge in [-0.15, -0.1) is 22.7 Å². The summed E-state index contributed by atoms with van der Waals surface area (Å²) in [6.45, 7) is 2.23. The summed E-state index contributed by atoms with van der Waals surface area (Å²) >= 11 is 2.87. The Balaban J connectivity index is 1.57. The van der Waals surface area contributed by atoms with Crippen LogP contribution in [0.5, 0.6) is 0 Å². The highest BCUT2D eigenvalue weighted by atomic mass is 32.1. The van der Waals surface area contributed by atoms with Crippen LogP contribution < -0.4 is 5.32 Å². The number of nitro groups is 1. The van der Waals surface area contributed by atoms with Gasteiger partial charge in [-0.2, -0.15) is 0 Å². The van der Waals surface area contributed by atoms with Crippen molar-refractivity contribution in [1.29, 1.82) is 0 Å². The zero-order valence-corrected chi connectivity index (χ0v) is 15.1. The Morgan fingerprint density at radius 3 is 3.00 bits per heavy atom. The second-order valence-corrected chi connectivity index (χ2v) is 8.45. The SMILES string of the molecule is CC1CCc2nc(NC(=O)c3cc4cc([N+](=O)[O-])ccc4s3)sc2C1. The van der Waals surface area contributed by atoms with Gasteiger partial charge in [-0.05, 0) is 37.3 Å². The number of non-ortho nitro benzene ring substituents is 1. The van der Waals surface area contributed by atoms with Crippen molar-refractivity contribution in [3.63, 3.8) is 0 Å². The molecule has 0 saturated heterocycles. The van der Waals surface area contributed by atoms with Crippen molar-refractivity contribution in [1.82, 2.24) is 4.98 Å². The van der Waals surface area contributed by atoms with E-state index in [1.165, 1.54) is 28.3 Å². The van der Waals surface area contributed by atoms with Gasteiger partial charge in [0.15, 0.2) is 5.13 Å². The fourth-order valence-electron chi connectivity index (χ4n) is 3.01. The quantitative estimate of drug-likeness (QED) is 0.535. The standard InChI is InChI=1S/C17H15N3O3S2/c1-9-2-4-12-14(6-9)25-17(18-12)19-16(21)15-8-10-7-11(20(22)23)3-5-13(10)24-15/h3,5,7-9H,2,4,6H2,1H3,(H,18,19,21). The summed E-state index contributed by atoms with van der Waals surface area (Å²) in [5, 5.41) is 15.1. The van der Waals surface area contributed by atoms with Crippen LogP contribution in [0.25, 0.3) is 10.1 Å². The predicted molar refractivity (Wildman–Crippen MR) is 99.7 cm³/mol. The Morgan fingerprint density at radius 2 is 2.20 bits per heavy atom. The lowest BCUT2D eigenvalue weighted by Crippen LogP contribution is -2.10. The number of anilines is 1. The molecule has 8 heteroatoms. The predicted octanol–water partition coefficient (Wildman–Crippen LogP) is 4.64. The normalized spacial score (nSPS) is 16.6. The zero-order valence-electron chi connectivity index (χ0n) is 13.4. The van der Waals surface area contributed by atoms with Crippen molar-refractivity contribution in [2.45, 2.75) is 26.2 Å². The third kappa shape index (κ3) is 3.14. The van der Waals surface area contributed by atoms with E-state index < -0.39 is 4.92 Å². The number of fused-ring (bicyclic) bond motifs is 2. The molecule has 3 aromatic rings. The van der Waals surface area contributed by atoms with E-state index in [9.17, 15) is 14.9 Å². The number of thiazole rings is 1. The Morgan fingerprint density at radius 1 is 1.36 bits per heavy atom. The van der Waals surface area contributed by atoms with Gasteiger partial charge in [-0.25, -0.2) is 4.98 Å². The summed E-state index contributed by atoms with van der Waals surface area (Å²) in [4.78, 5) is 29.3. The molecule has 1 atom stereocenters. The van der Waals surface area contributed by atoms with Crippen LogP contribution in [-0.2, 0) is 12.8 Å². The summed E-state index contributed by atoms with van der Waals surface area (Å²) in [5.41, 5.74) is 1.13. The average Bonchev–Trinajstić information content (AvgIpc) is 3.16. The summed E-state index contributed by atoms with van der Waals surface area (Å²) < 4.78 is 0.850. The molecule has 0 fully saturated rings. The third-order valence-corrected chi connectivity index (χ3v) is 6.49. The molecule has 0 saturated carbocycles. The number of carbonyl (C=O) groups is 1. The van der Waals surface area contributed by atoms with Crippen LogP contribution in [-0.4, -0.2) is 15.8 Å². The number of hydrogen-bond donors (Lipinski definition) is 1. The highest BCUT2D eigenvalue weighted by Gasteiger charge is 2.21. The van der Waals surface area contributed by atoms with Crippen molar-refractivity contribution < 1.29 is 9.72 Å².